The molecule has 6 nitrogen and oxygen atoms in total. The molecule has 0 bridgehead atoms. The average molecular weight is 280 g/mol. The fourth-order valence-corrected chi connectivity index (χ4v) is 2.52. The number of methoxy groups -OCH3 is 1. The summed E-state index contributed by atoms with van der Waals surface area (Å²) in [5, 5.41) is 13.9. The van der Waals surface area contributed by atoms with Crippen molar-refractivity contribution in [3.8, 4) is 5.75 Å². The van der Waals surface area contributed by atoms with E-state index in [1.54, 1.807) is 19.2 Å². The van der Waals surface area contributed by atoms with Crippen LogP contribution in [0.3, 0.4) is 0 Å². The molecule has 2 atom stereocenters. The molecule has 110 valence electrons. The van der Waals surface area contributed by atoms with E-state index in [1.807, 2.05) is 0 Å². The van der Waals surface area contributed by atoms with Crippen molar-refractivity contribution in [3.63, 3.8) is 0 Å². The van der Waals surface area contributed by atoms with E-state index < -0.39 is 4.92 Å². The van der Waals surface area contributed by atoms with Gasteiger partial charge in [-0.2, -0.15) is 0 Å². The first-order valence-corrected chi connectivity index (χ1v) is 6.84. The predicted molar refractivity (Wildman–Crippen MR) is 75.0 cm³/mol. The van der Waals surface area contributed by atoms with E-state index in [0.29, 0.717) is 24.5 Å². The average Bonchev–Trinajstić information content (AvgIpc) is 2.91. The molecule has 2 rings (SSSR count). The Hall–Kier alpha value is -1.66. The molecule has 1 aliphatic carbocycles. The number of nitro groups is 1. The summed E-state index contributed by atoms with van der Waals surface area (Å²) in [4.78, 5) is 10.1. The van der Waals surface area contributed by atoms with E-state index in [4.69, 9.17) is 9.47 Å². The minimum absolute atomic E-state index is 0.0735. The molecule has 6 heteroatoms. The number of ether oxygens (including phenoxy) is 2. The zero-order chi connectivity index (χ0) is 14.4. The van der Waals surface area contributed by atoms with Crippen LogP contribution < -0.4 is 10.1 Å². The van der Waals surface area contributed by atoms with Gasteiger partial charge in [-0.3, -0.25) is 10.1 Å². The van der Waals surface area contributed by atoms with Gasteiger partial charge in [-0.15, -0.1) is 0 Å². The molecule has 0 heterocycles. The van der Waals surface area contributed by atoms with E-state index in [1.165, 1.54) is 18.6 Å². The molecule has 1 saturated carbocycles. The molecule has 1 N–H and O–H groups in total. The smallest absolute Gasteiger partial charge is 0.269 e. The Morgan fingerprint density at radius 2 is 2.10 bits per heavy atom. The Bertz CT molecular complexity index is 435. The first kappa shape index (κ1) is 14.7. The quantitative estimate of drug-likeness (QED) is 0.470. The van der Waals surface area contributed by atoms with Crippen molar-refractivity contribution in [2.45, 2.75) is 31.4 Å². The van der Waals surface area contributed by atoms with Gasteiger partial charge in [0.1, 0.15) is 12.4 Å². The van der Waals surface area contributed by atoms with Crippen LogP contribution >= 0.6 is 0 Å². The molecule has 1 aromatic carbocycles. The molecule has 0 amide bonds. The third-order valence-corrected chi connectivity index (χ3v) is 3.58. The van der Waals surface area contributed by atoms with E-state index in [0.717, 1.165) is 19.4 Å². The van der Waals surface area contributed by atoms with Gasteiger partial charge in [0.05, 0.1) is 11.0 Å². The van der Waals surface area contributed by atoms with Crippen LogP contribution in [-0.4, -0.2) is 37.3 Å². The van der Waals surface area contributed by atoms with Crippen molar-refractivity contribution in [1.29, 1.82) is 0 Å². The van der Waals surface area contributed by atoms with Gasteiger partial charge in [-0.05, 0) is 31.4 Å². The number of nitrogens with one attached hydrogen (secondary N) is 1. The largest absolute Gasteiger partial charge is 0.492 e. The summed E-state index contributed by atoms with van der Waals surface area (Å²) in [6, 6.07) is 6.53. The monoisotopic (exact) mass is 280 g/mol. The third kappa shape index (κ3) is 3.91. The second-order valence-electron chi connectivity index (χ2n) is 4.87. The van der Waals surface area contributed by atoms with Gasteiger partial charge in [-0.25, -0.2) is 0 Å². The van der Waals surface area contributed by atoms with Crippen LogP contribution in [0.15, 0.2) is 24.3 Å². The third-order valence-electron chi connectivity index (χ3n) is 3.58. The van der Waals surface area contributed by atoms with Crippen LogP contribution in [0.4, 0.5) is 5.69 Å². The second-order valence-corrected chi connectivity index (χ2v) is 4.87. The molecule has 0 spiro atoms. The first-order valence-electron chi connectivity index (χ1n) is 6.84. The number of benzene rings is 1. The van der Waals surface area contributed by atoms with Crippen molar-refractivity contribution in [2.24, 2.45) is 0 Å². The summed E-state index contributed by atoms with van der Waals surface area (Å²) in [7, 11) is 1.75. The molecule has 0 saturated heterocycles. The highest BCUT2D eigenvalue weighted by Crippen LogP contribution is 2.21. The molecule has 2 unspecified atom stereocenters. The number of nitro benzene ring substituents is 1. The Morgan fingerprint density at radius 3 is 2.75 bits per heavy atom. The van der Waals surface area contributed by atoms with Gasteiger partial charge in [0.2, 0.25) is 0 Å². The summed E-state index contributed by atoms with van der Waals surface area (Å²) < 4.78 is 11.0. The molecular formula is C14H20N2O4. The predicted octanol–water partition coefficient (Wildman–Crippen LogP) is 2.13. The molecule has 1 aromatic rings. The van der Waals surface area contributed by atoms with Gasteiger partial charge in [0, 0.05) is 31.8 Å². The van der Waals surface area contributed by atoms with Crippen molar-refractivity contribution >= 4 is 5.69 Å². The van der Waals surface area contributed by atoms with Crippen molar-refractivity contribution in [3.05, 3.63) is 34.4 Å². The lowest BCUT2D eigenvalue weighted by atomic mass is 10.2. The lowest BCUT2D eigenvalue weighted by Crippen LogP contribution is -2.38. The zero-order valence-corrected chi connectivity index (χ0v) is 11.6. The van der Waals surface area contributed by atoms with Crippen molar-refractivity contribution in [2.75, 3.05) is 20.3 Å². The Morgan fingerprint density at radius 1 is 1.35 bits per heavy atom. The van der Waals surface area contributed by atoms with E-state index in [2.05, 4.69) is 5.32 Å². The summed E-state index contributed by atoms with van der Waals surface area (Å²) in [6.07, 6.45) is 3.74. The number of hydrogen-bond donors (Lipinski definition) is 1. The van der Waals surface area contributed by atoms with Gasteiger partial charge in [0.15, 0.2) is 0 Å². The van der Waals surface area contributed by atoms with Gasteiger partial charge in [-0.1, -0.05) is 0 Å². The Balaban J connectivity index is 1.69. The molecular weight excluding hydrogens is 260 g/mol. The fraction of sp³-hybridized carbons (Fsp3) is 0.571. The van der Waals surface area contributed by atoms with E-state index in [9.17, 15) is 10.1 Å². The summed E-state index contributed by atoms with van der Waals surface area (Å²) in [6.45, 7) is 1.27. The van der Waals surface area contributed by atoms with Crippen LogP contribution in [0.5, 0.6) is 5.75 Å². The van der Waals surface area contributed by atoms with Crippen molar-refractivity contribution < 1.29 is 14.4 Å². The first-order chi connectivity index (χ1) is 9.70. The zero-order valence-electron chi connectivity index (χ0n) is 11.6. The molecule has 0 radical (unpaired) electrons. The lowest BCUT2D eigenvalue weighted by Gasteiger charge is -2.19. The minimum Gasteiger partial charge on any atom is -0.492 e. The van der Waals surface area contributed by atoms with Crippen LogP contribution in [0.1, 0.15) is 19.3 Å². The number of hydrogen-bond acceptors (Lipinski definition) is 5. The molecule has 1 aliphatic rings. The summed E-state index contributed by atoms with van der Waals surface area (Å²) in [5.41, 5.74) is 0.0735. The van der Waals surface area contributed by atoms with Crippen LogP contribution in [0.2, 0.25) is 0 Å². The van der Waals surface area contributed by atoms with Gasteiger partial charge < -0.3 is 14.8 Å². The molecule has 20 heavy (non-hydrogen) atoms. The van der Waals surface area contributed by atoms with E-state index >= 15 is 0 Å². The van der Waals surface area contributed by atoms with Crippen LogP contribution in [0, 0.1) is 10.1 Å². The van der Waals surface area contributed by atoms with Crippen LogP contribution in [0.25, 0.3) is 0 Å². The number of rotatable bonds is 7. The normalized spacial score (nSPS) is 21.9. The maximum atomic E-state index is 10.5. The maximum Gasteiger partial charge on any atom is 0.269 e. The molecule has 1 fully saturated rings. The highest BCUT2D eigenvalue weighted by atomic mass is 16.6. The Labute approximate surface area is 118 Å². The maximum absolute atomic E-state index is 10.5. The molecule has 0 aromatic heterocycles. The SMILES string of the molecule is COC1CCCC1NCCOc1ccc([N+](=O)[O-])cc1. The van der Waals surface area contributed by atoms with Gasteiger partial charge in [0.25, 0.3) is 5.69 Å². The minimum atomic E-state index is -0.420. The molecule has 0 aliphatic heterocycles. The summed E-state index contributed by atoms with van der Waals surface area (Å²) in [5.74, 6) is 0.645. The fourth-order valence-electron chi connectivity index (χ4n) is 2.52. The van der Waals surface area contributed by atoms with Crippen molar-refractivity contribution in [1.82, 2.24) is 5.32 Å². The lowest BCUT2D eigenvalue weighted by molar-refractivity contribution is -0.384. The van der Waals surface area contributed by atoms with E-state index in [-0.39, 0.29) is 5.69 Å². The number of non-ortho nitro benzene ring substituents is 1. The second kappa shape index (κ2) is 7.21. The highest BCUT2D eigenvalue weighted by molar-refractivity contribution is 5.35. The van der Waals surface area contributed by atoms with Gasteiger partial charge >= 0.3 is 0 Å². The summed E-state index contributed by atoms with van der Waals surface area (Å²) >= 11 is 0. The standard InChI is InChI=1S/C14H20N2O4/c1-19-14-4-2-3-13(14)15-9-10-20-12-7-5-11(6-8-12)16(17)18/h5-8,13-15H,2-4,9-10H2,1H3. The highest BCUT2D eigenvalue weighted by Gasteiger charge is 2.26. The van der Waals surface area contributed by atoms with Crippen LogP contribution in [-0.2, 0) is 4.74 Å². The number of nitrogens with zero attached hydrogens (tertiary/aromatic N) is 1. The topological polar surface area (TPSA) is 73.6 Å². The Kier molecular flexibility index (Phi) is 5.31.